The van der Waals surface area contributed by atoms with Gasteiger partial charge in [-0.1, -0.05) is 19.8 Å². The van der Waals surface area contributed by atoms with E-state index in [9.17, 15) is 13.2 Å². The lowest BCUT2D eigenvalue weighted by molar-refractivity contribution is -0.185. The summed E-state index contributed by atoms with van der Waals surface area (Å²) in [6.07, 6.45) is 2.25. The Morgan fingerprint density at radius 1 is 1.15 bits per heavy atom. The molecule has 1 aliphatic rings. The molecule has 0 aromatic heterocycles. The first-order valence-corrected chi connectivity index (χ1v) is 7.96. The van der Waals surface area contributed by atoms with Crippen LogP contribution >= 0.6 is 0 Å². The normalized spacial score (nSPS) is 20.2. The smallest absolute Gasteiger partial charge is 0.330 e. The Morgan fingerprint density at radius 3 is 2.30 bits per heavy atom. The highest BCUT2D eigenvalue weighted by Crippen LogP contribution is 2.34. The summed E-state index contributed by atoms with van der Waals surface area (Å²) in [5.41, 5.74) is 5.61. The predicted molar refractivity (Wildman–Crippen MR) is 76.5 cm³/mol. The molecule has 1 fully saturated rings. The molecule has 1 atom stereocenters. The van der Waals surface area contributed by atoms with Crippen LogP contribution in [0.4, 0.5) is 13.2 Å². The van der Waals surface area contributed by atoms with Crippen LogP contribution in [-0.2, 0) is 0 Å². The molecule has 0 amide bonds. The Labute approximate surface area is 120 Å². The maximum atomic E-state index is 12.6. The van der Waals surface area contributed by atoms with Crippen molar-refractivity contribution in [3.8, 4) is 0 Å². The van der Waals surface area contributed by atoms with Gasteiger partial charge in [-0.3, -0.25) is 0 Å². The number of likely N-dealkylation sites (tertiary alicyclic amines) is 1. The van der Waals surface area contributed by atoms with E-state index in [0.29, 0.717) is 19.0 Å². The number of nitrogens with zero attached hydrogens (tertiary/aromatic N) is 1. The van der Waals surface area contributed by atoms with Crippen molar-refractivity contribution in [2.24, 2.45) is 17.6 Å². The first-order chi connectivity index (χ1) is 9.47. The largest absolute Gasteiger partial charge is 0.391 e. The van der Waals surface area contributed by atoms with Gasteiger partial charge in [-0.15, -0.1) is 0 Å². The monoisotopic (exact) mass is 294 g/mol. The van der Waals surface area contributed by atoms with Crippen molar-refractivity contribution in [2.75, 3.05) is 26.2 Å². The Kier molecular flexibility index (Phi) is 7.88. The highest BCUT2D eigenvalue weighted by molar-refractivity contribution is 4.77. The first-order valence-electron chi connectivity index (χ1n) is 7.96. The third-order valence-electron chi connectivity index (χ3n) is 4.41. The lowest BCUT2D eigenvalue weighted by atomic mass is 9.93. The second-order valence-corrected chi connectivity index (χ2v) is 6.03. The Hall–Kier alpha value is -0.290. The van der Waals surface area contributed by atoms with E-state index in [1.807, 2.05) is 0 Å². The van der Waals surface area contributed by atoms with Gasteiger partial charge in [0.2, 0.25) is 0 Å². The molecule has 1 rings (SSSR count). The predicted octanol–water partition coefficient (Wildman–Crippen LogP) is 3.81. The van der Waals surface area contributed by atoms with Crippen molar-refractivity contribution in [3.63, 3.8) is 0 Å². The van der Waals surface area contributed by atoms with Crippen molar-refractivity contribution >= 4 is 0 Å². The third-order valence-corrected chi connectivity index (χ3v) is 4.41. The molecule has 0 aromatic rings. The van der Waals surface area contributed by atoms with Crippen LogP contribution in [-0.4, -0.2) is 37.3 Å². The molecule has 120 valence electrons. The molecule has 1 aliphatic heterocycles. The van der Waals surface area contributed by atoms with Gasteiger partial charge in [0.1, 0.15) is 0 Å². The van der Waals surface area contributed by atoms with Gasteiger partial charge in [0.25, 0.3) is 0 Å². The summed E-state index contributed by atoms with van der Waals surface area (Å²) in [7, 11) is 0. The van der Waals surface area contributed by atoms with Gasteiger partial charge in [0, 0.05) is 0 Å². The highest BCUT2D eigenvalue weighted by atomic mass is 19.4. The van der Waals surface area contributed by atoms with Crippen LogP contribution in [0, 0.1) is 11.8 Å². The number of nitrogens with two attached hydrogens (primary N) is 1. The molecule has 1 saturated heterocycles. The molecular weight excluding hydrogens is 265 g/mol. The van der Waals surface area contributed by atoms with E-state index in [0.717, 1.165) is 32.4 Å². The van der Waals surface area contributed by atoms with E-state index in [4.69, 9.17) is 5.73 Å². The van der Waals surface area contributed by atoms with Crippen molar-refractivity contribution in [3.05, 3.63) is 0 Å². The Morgan fingerprint density at radius 2 is 1.80 bits per heavy atom. The molecule has 0 radical (unpaired) electrons. The molecule has 2 nitrogen and oxygen atoms in total. The quantitative estimate of drug-likeness (QED) is 0.737. The molecule has 0 aliphatic carbocycles. The molecule has 0 aromatic carbocycles. The van der Waals surface area contributed by atoms with Gasteiger partial charge < -0.3 is 10.6 Å². The van der Waals surface area contributed by atoms with E-state index in [2.05, 4.69) is 11.8 Å². The lowest BCUT2D eigenvalue weighted by Crippen LogP contribution is -2.39. The van der Waals surface area contributed by atoms with E-state index >= 15 is 0 Å². The van der Waals surface area contributed by atoms with Crippen LogP contribution in [0.25, 0.3) is 0 Å². The third kappa shape index (κ3) is 6.44. The summed E-state index contributed by atoms with van der Waals surface area (Å²) in [4.78, 5) is 2.19. The standard InChI is InChI=1S/C15H29F3N2/c1-2-4-13(6-9-19)5-3-10-20-11-7-14(8-12-20)15(16,17)18/h13-14H,2-12,19H2,1H3. The summed E-state index contributed by atoms with van der Waals surface area (Å²) < 4.78 is 37.7. The molecule has 20 heavy (non-hydrogen) atoms. The van der Waals surface area contributed by atoms with Crippen molar-refractivity contribution in [1.29, 1.82) is 0 Å². The lowest BCUT2D eigenvalue weighted by Gasteiger charge is -2.33. The molecular formula is C15H29F3N2. The van der Waals surface area contributed by atoms with Gasteiger partial charge in [0.05, 0.1) is 5.92 Å². The zero-order chi connectivity index (χ0) is 15.0. The van der Waals surface area contributed by atoms with Crippen LogP contribution in [0.2, 0.25) is 0 Å². The SMILES string of the molecule is CCCC(CCN)CCCN1CCC(C(F)(F)F)CC1. The molecule has 1 unspecified atom stereocenters. The number of piperidine rings is 1. The molecule has 0 bridgehead atoms. The fraction of sp³-hybridized carbons (Fsp3) is 1.00. The maximum Gasteiger partial charge on any atom is 0.391 e. The Balaban J connectivity index is 2.17. The van der Waals surface area contributed by atoms with E-state index in [1.165, 1.54) is 12.8 Å². The fourth-order valence-corrected chi connectivity index (χ4v) is 3.16. The second-order valence-electron chi connectivity index (χ2n) is 6.03. The number of rotatable bonds is 8. The summed E-state index contributed by atoms with van der Waals surface area (Å²) >= 11 is 0. The van der Waals surface area contributed by atoms with Crippen LogP contribution < -0.4 is 5.73 Å². The topological polar surface area (TPSA) is 29.3 Å². The number of hydrogen-bond acceptors (Lipinski definition) is 2. The highest BCUT2D eigenvalue weighted by Gasteiger charge is 2.40. The average molecular weight is 294 g/mol. The maximum absolute atomic E-state index is 12.6. The van der Waals surface area contributed by atoms with Gasteiger partial charge in [-0.05, 0) is 64.2 Å². The van der Waals surface area contributed by atoms with Crippen molar-refractivity contribution in [2.45, 2.75) is 58.0 Å². The summed E-state index contributed by atoms with van der Waals surface area (Å²) in [6, 6.07) is 0. The van der Waals surface area contributed by atoms with Crippen LogP contribution in [0.15, 0.2) is 0 Å². The van der Waals surface area contributed by atoms with Crippen molar-refractivity contribution in [1.82, 2.24) is 4.90 Å². The van der Waals surface area contributed by atoms with Crippen LogP contribution in [0.1, 0.15) is 51.9 Å². The molecule has 1 heterocycles. The zero-order valence-corrected chi connectivity index (χ0v) is 12.6. The van der Waals surface area contributed by atoms with Gasteiger partial charge in [-0.2, -0.15) is 13.2 Å². The van der Waals surface area contributed by atoms with Gasteiger partial charge >= 0.3 is 6.18 Å². The van der Waals surface area contributed by atoms with Gasteiger partial charge in [0.15, 0.2) is 0 Å². The fourth-order valence-electron chi connectivity index (χ4n) is 3.16. The minimum Gasteiger partial charge on any atom is -0.330 e. The minimum atomic E-state index is -4.00. The number of alkyl halides is 3. The minimum absolute atomic E-state index is 0.269. The molecule has 0 saturated carbocycles. The average Bonchev–Trinajstić information content (AvgIpc) is 2.39. The van der Waals surface area contributed by atoms with E-state index in [-0.39, 0.29) is 12.8 Å². The van der Waals surface area contributed by atoms with Gasteiger partial charge in [-0.25, -0.2) is 0 Å². The summed E-state index contributed by atoms with van der Waals surface area (Å²) in [5, 5.41) is 0. The number of hydrogen-bond donors (Lipinski definition) is 1. The summed E-state index contributed by atoms with van der Waals surface area (Å²) in [6.45, 7) is 5.06. The van der Waals surface area contributed by atoms with Crippen molar-refractivity contribution < 1.29 is 13.2 Å². The molecule has 5 heteroatoms. The van der Waals surface area contributed by atoms with Crippen LogP contribution in [0.5, 0.6) is 0 Å². The zero-order valence-electron chi connectivity index (χ0n) is 12.6. The molecule has 0 spiro atoms. The van der Waals surface area contributed by atoms with Crippen LogP contribution in [0.3, 0.4) is 0 Å². The van der Waals surface area contributed by atoms with E-state index < -0.39 is 12.1 Å². The second kappa shape index (κ2) is 8.88. The number of halogens is 3. The first kappa shape index (κ1) is 17.8. The summed E-state index contributed by atoms with van der Waals surface area (Å²) in [5.74, 6) is -0.387. The van der Waals surface area contributed by atoms with E-state index in [1.54, 1.807) is 0 Å². The molecule has 2 N–H and O–H groups in total. The Bertz CT molecular complexity index is 242.